The number of carbonyl (C=O) groups excluding carboxylic acids is 1. The average molecular weight is 262 g/mol. The predicted molar refractivity (Wildman–Crippen MR) is 62.5 cm³/mol. The van der Waals surface area contributed by atoms with Gasteiger partial charge in [0.15, 0.2) is 0 Å². The van der Waals surface area contributed by atoms with Crippen LogP contribution in [0.3, 0.4) is 0 Å². The number of likely N-dealkylation sites (tertiary alicyclic amines) is 1. The summed E-state index contributed by atoms with van der Waals surface area (Å²) < 4.78 is 30.4. The summed E-state index contributed by atoms with van der Waals surface area (Å²) in [6.45, 7) is 3.31. The highest BCUT2D eigenvalue weighted by Gasteiger charge is 2.50. The van der Waals surface area contributed by atoms with Crippen molar-refractivity contribution < 1.29 is 18.3 Å². The zero-order valence-electron chi connectivity index (χ0n) is 10.6. The van der Waals surface area contributed by atoms with E-state index in [-0.39, 0.29) is 0 Å². The first kappa shape index (κ1) is 13.7. The number of carbonyl (C=O) groups is 1. The molecule has 0 aliphatic carbocycles. The van der Waals surface area contributed by atoms with Gasteiger partial charge in [0, 0.05) is 6.54 Å². The van der Waals surface area contributed by atoms with Crippen LogP contribution in [0.15, 0.2) is 0 Å². The average Bonchev–Trinajstić information content (AvgIpc) is 2.56. The van der Waals surface area contributed by atoms with Gasteiger partial charge in [0.2, 0.25) is 0 Å². The normalized spacial score (nSPS) is 29.5. The maximum absolute atomic E-state index is 12.9. The Kier molecular flexibility index (Phi) is 4.17. The Balaban J connectivity index is 1.63. The molecule has 0 aromatic heterocycles. The van der Waals surface area contributed by atoms with Gasteiger partial charge in [-0.1, -0.05) is 0 Å². The summed E-state index contributed by atoms with van der Waals surface area (Å²) >= 11 is 0. The van der Waals surface area contributed by atoms with Crippen LogP contribution >= 0.6 is 0 Å². The molecule has 0 amide bonds. The highest BCUT2D eigenvalue weighted by atomic mass is 19.3. The lowest BCUT2D eigenvalue weighted by atomic mass is 9.97. The molecule has 2 heterocycles. The molecule has 0 aromatic rings. The van der Waals surface area contributed by atoms with Crippen LogP contribution in [0, 0.1) is 5.92 Å². The summed E-state index contributed by atoms with van der Waals surface area (Å²) in [7, 11) is 2.10. The highest BCUT2D eigenvalue weighted by molar-refractivity contribution is 5.79. The number of nitrogens with one attached hydrogen (secondary N) is 1. The second-order valence-corrected chi connectivity index (χ2v) is 5.34. The number of hydrogen-bond donors (Lipinski definition) is 1. The van der Waals surface area contributed by atoms with E-state index in [1.807, 2.05) is 0 Å². The molecule has 0 spiro atoms. The third kappa shape index (κ3) is 3.38. The van der Waals surface area contributed by atoms with Crippen molar-refractivity contribution in [1.29, 1.82) is 0 Å². The van der Waals surface area contributed by atoms with Crippen molar-refractivity contribution in [2.24, 2.45) is 5.92 Å². The molecular weight excluding hydrogens is 242 g/mol. The van der Waals surface area contributed by atoms with Gasteiger partial charge in [0.05, 0.1) is 6.42 Å². The van der Waals surface area contributed by atoms with E-state index in [0.29, 0.717) is 12.5 Å². The Labute approximate surface area is 106 Å². The minimum absolute atomic E-state index is 0.327. The first-order chi connectivity index (χ1) is 8.47. The zero-order chi connectivity index (χ0) is 13.2. The van der Waals surface area contributed by atoms with Gasteiger partial charge >= 0.3 is 11.9 Å². The molecule has 2 aliphatic rings. The van der Waals surface area contributed by atoms with E-state index in [4.69, 9.17) is 0 Å². The highest BCUT2D eigenvalue weighted by Crippen LogP contribution is 2.30. The van der Waals surface area contributed by atoms with Gasteiger partial charge < -0.3 is 15.0 Å². The van der Waals surface area contributed by atoms with E-state index in [1.54, 1.807) is 0 Å². The van der Waals surface area contributed by atoms with Crippen LogP contribution in [-0.2, 0) is 9.53 Å². The van der Waals surface area contributed by atoms with E-state index in [9.17, 15) is 13.6 Å². The number of rotatable bonds is 4. The molecule has 6 heteroatoms. The van der Waals surface area contributed by atoms with Crippen molar-refractivity contribution in [3.05, 3.63) is 0 Å². The van der Waals surface area contributed by atoms with E-state index in [2.05, 4.69) is 22.0 Å². The van der Waals surface area contributed by atoms with Crippen LogP contribution in [0.4, 0.5) is 8.78 Å². The standard InChI is InChI=1S/C12H20F2N2O2/c1-16-4-2-9(3-5-16)7-15-8-10-6-12(13,14)11(17)18-10/h9-10,15H,2-8H2,1H3. The van der Waals surface area contributed by atoms with Gasteiger partial charge in [-0.25, -0.2) is 4.79 Å². The predicted octanol–water partition coefficient (Wildman–Crippen LogP) is 0.869. The Morgan fingerprint density at radius 1 is 1.39 bits per heavy atom. The van der Waals surface area contributed by atoms with Crippen LogP contribution in [0.2, 0.25) is 0 Å². The molecule has 2 aliphatic heterocycles. The molecule has 18 heavy (non-hydrogen) atoms. The quantitative estimate of drug-likeness (QED) is 0.763. The largest absolute Gasteiger partial charge is 0.456 e. The smallest absolute Gasteiger partial charge is 0.377 e. The molecular formula is C12H20F2N2O2. The lowest BCUT2D eigenvalue weighted by molar-refractivity contribution is -0.159. The van der Waals surface area contributed by atoms with Crippen molar-refractivity contribution in [1.82, 2.24) is 10.2 Å². The Bertz CT molecular complexity index is 304. The molecule has 1 N–H and O–H groups in total. The Hall–Kier alpha value is -0.750. The van der Waals surface area contributed by atoms with Gasteiger partial charge in [-0.05, 0) is 45.4 Å². The Morgan fingerprint density at radius 2 is 2.06 bits per heavy atom. The topological polar surface area (TPSA) is 41.6 Å². The number of esters is 1. The van der Waals surface area contributed by atoms with Gasteiger partial charge in [-0.15, -0.1) is 0 Å². The molecule has 4 nitrogen and oxygen atoms in total. The van der Waals surface area contributed by atoms with E-state index in [1.165, 1.54) is 0 Å². The first-order valence-electron chi connectivity index (χ1n) is 6.45. The molecule has 1 unspecified atom stereocenters. The molecule has 0 bridgehead atoms. The van der Waals surface area contributed by atoms with Gasteiger partial charge in [0.1, 0.15) is 6.10 Å². The number of alkyl halides is 2. The summed E-state index contributed by atoms with van der Waals surface area (Å²) in [6.07, 6.45) is 1.08. The molecule has 1 atom stereocenters. The minimum atomic E-state index is -3.29. The maximum Gasteiger partial charge on any atom is 0.377 e. The molecule has 2 fully saturated rings. The van der Waals surface area contributed by atoms with Gasteiger partial charge in [-0.3, -0.25) is 0 Å². The van der Waals surface area contributed by atoms with E-state index >= 15 is 0 Å². The van der Waals surface area contributed by atoms with Crippen LogP contribution in [-0.4, -0.2) is 56.1 Å². The van der Waals surface area contributed by atoms with Gasteiger partial charge in [-0.2, -0.15) is 8.78 Å². The van der Waals surface area contributed by atoms with Crippen molar-refractivity contribution in [2.75, 3.05) is 33.2 Å². The van der Waals surface area contributed by atoms with Crippen molar-refractivity contribution in [2.45, 2.75) is 31.3 Å². The summed E-state index contributed by atoms with van der Waals surface area (Å²) in [5.74, 6) is -4.08. The van der Waals surface area contributed by atoms with E-state index in [0.717, 1.165) is 32.5 Å². The van der Waals surface area contributed by atoms with Crippen molar-refractivity contribution in [3.8, 4) is 0 Å². The van der Waals surface area contributed by atoms with Crippen LogP contribution in [0.25, 0.3) is 0 Å². The third-order valence-electron chi connectivity index (χ3n) is 3.70. The fourth-order valence-electron chi connectivity index (χ4n) is 2.48. The number of ether oxygens (including phenoxy) is 1. The minimum Gasteiger partial charge on any atom is -0.456 e. The fraction of sp³-hybridized carbons (Fsp3) is 0.917. The molecule has 0 aromatic carbocycles. The lowest BCUT2D eigenvalue weighted by Crippen LogP contribution is -2.37. The SMILES string of the molecule is CN1CCC(CNCC2CC(F)(F)C(=O)O2)CC1. The fourth-order valence-corrected chi connectivity index (χ4v) is 2.48. The summed E-state index contributed by atoms with van der Waals surface area (Å²) in [4.78, 5) is 13.1. The van der Waals surface area contributed by atoms with Crippen LogP contribution in [0.5, 0.6) is 0 Å². The Morgan fingerprint density at radius 3 is 2.61 bits per heavy atom. The number of halogens is 2. The number of hydrogen-bond acceptors (Lipinski definition) is 4. The van der Waals surface area contributed by atoms with Crippen LogP contribution in [0.1, 0.15) is 19.3 Å². The number of cyclic esters (lactones) is 1. The second-order valence-electron chi connectivity index (χ2n) is 5.34. The molecule has 0 radical (unpaired) electrons. The molecule has 2 rings (SSSR count). The second kappa shape index (κ2) is 5.48. The monoisotopic (exact) mass is 262 g/mol. The lowest BCUT2D eigenvalue weighted by Gasteiger charge is -2.29. The summed E-state index contributed by atoms with van der Waals surface area (Å²) in [5, 5.41) is 3.14. The van der Waals surface area contributed by atoms with Crippen molar-refractivity contribution >= 4 is 5.97 Å². The zero-order valence-corrected chi connectivity index (χ0v) is 10.6. The molecule has 104 valence electrons. The first-order valence-corrected chi connectivity index (χ1v) is 6.45. The number of nitrogens with zero attached hydrogens (tertiary/aromatic N) is 1. The van der Waals surface area contributed by atoms with E-state index < -0.39 is 24.4 Å². The van der Waals surface area contributed by atoms with Crippen molar-refractivity contribution in [3.63, 3.8) is 0 Å². The maximum atomic E-state index is 12.9. The third-order valence-corrected chi connectivity index (χ3v) is 3.70. The van der Waals surface area contributed by atoms with Gasteiger partial charge in [0.25, 0.3) is 0 Å². The molecule has 0 saturated carbocycles. The summed E-state index contributed by atoms with van der Waals surface area (Å²) in [5.41, 5.74) is 0. The summed E-state index contributed by atoms with van der Waals surface area (Å²) in [6, 6.07) is 0. The number of piperidine rings is 1. The van der Waals surface area contributed by atoms with Crippen LogP contribution < -0.4 is 5.32 Å². The molecule has 2 saturated heterocycles.